The minimum absolute atomic E-state index is 0.00708. The van der Waals surface area contributed by atoms with Crippen molar-refractivity contribution in [3.8, 4) is 0 Å². The maximum absolute atomic E-state index is 13.5. The Morgan fingerprint density at radius 1 is 1.10 bits per heavy atom. The summed E-state index contributed by atoms with van der Waals surface area (Å²) in [5.74, 6) is -1.87. The fraction of sp³-hybridized carbons (Fsp3) is 0.556. The van der Waals surface area contributed by atoms with Crippen LogP contribution in [-0.2, 0) is 19.6 Å². The van der Waals surface area contributed by atoms with Crippen molar-refractivity contribution >= 4 is 22.0 Å². The Balaban J connectivity index is 1.38. The van der Waals surface area contributed by atoms with Crippen LogP contribution in [0.25, 0.3) is 0 Å². The molecule has 3 saturated heterocycles. The smallest absolute Gasteiger partial charge is 0.411 e. The maximum atomic E-state index is 13.5. The van der Waals surface area contributed by atoms with Gasteiger partial charge in [0.05, 0.1) is 24.0 Å². The van der Waals surface area contributed by atoms with Crippen molar-refractivity contribution in [1.29, 1.82) is 0 Å². The fourth-order valence-corrected chi connectivity index (χ4v) is 5.87. The van der Waals surface area contributed by atoms with Crippen LogP contribution in [0.15, 0.2) is 23.1 Å². The first-order chi connectivity index (χ1) is 13.7. The summed E-state index contributed by atoms with van der Waals surface area (Å²) in [6.45, 7) is 0.513. The van der Waals surface area contributed by atoms with Crippen LogP contribution in [-0.4, -0.2) is 78.9 Å². The van der Waals surface area contributed by atoms with Crippen molar-refractivity contribution in [2.75, 3.05) is 32.7 Å². The third-order valence-electron chi connectivity index (χ3n) is 6.10. The van der Waals surface area contributed by atoms with E-state index in [1.54, 1.807) is 4.90 Å². The zero-order chi connectivity index (χ0) is 20.6. The second-order valence-corrected chi connectivity index (χ2v) is 10.0. The van der Waals surface area contributed by atoms with Gasteiger partial charge in [0.15, 0.2) is 5.60 Å². The van der Waals surface area contributed by atoms with Crippen LogP contribution in [0.2, 0.25) is 0 Å². The highest BCUT2D eigenvalue weighted by molar-refractivity contribution is 7.89. The summed E-state index contributed by atoms with van der Waals surface area (Å²) in [5.41, 5.74) is -0.941. The summed E-state index contributed by atoms with van der Waals surface area (Å²) in [5, 5.41) is 0. The molecule has 1 atom stereocenters. The van der Waals surface area contributed by atoms with Gasteiger partial charge in [-0.05, 0) is 25.0 Å². The highest BCUT2D eigenvalue weighted by atomic mass is 32.2. The molecule has 1 aromatic rings. The number of carbonyl (C=O) groups is 2. The molecule has 8 nitrogen and oxygen atoms in total. The Kier molecular flexibility index (Phi) is 3.95. The molecule has 0 aromatic heterocycles. The van der Waals surface area contributed by atoms with Crippen molar-refractivity contribution < 1.29 is 31.5 Å². The highest BCUT2D eigenvalue weighted by Gasteiger charge is 2.63. The number of nitrogens with zero attached hydrogens (tertiary/aromatic N) is 3. The van der Waals surface area contributed by atoms with E-state index in [2.05, 4.69) is 0 Å². The van der Waals surface area contributed by atoms with Gasteiger partial charge in [-0.3, -0.25) is 9.69 Å². The first-order valence-corrected chi connectivity index (χ1v) is 10.9. The number of amides is 2. The van der Waals surface area contributed by atoms with E-state index in [-0.39, 0.29) is 44.5 Å². The van der Waals surface area contributed by atoms with Crippen molar-refractivity contribution in [3.05, 3.63) is 29.8 Å². The van der Waals surface area contributed by atoms with E-state index >= 15 is 0 Å². The third-order valence-corrected chi connectivity index (χ3v) is 7.95. The van der Waals surface area contributed by atoms with Gasteiger partial charge in [-0.25, -0.2) is 22.0 Å². The number of fused-ring (bicyclic) bond motifs is 2. The van der Waals surface area contributed by atoms with Gasteiger partial charge in [0.25, 0.3) is 0 Å². The van der Waals surface area contributed by atoms with Gasteiger partial charge >= 0.3 is 6.09 Å². The molecule has 1 saturated carbocycles. The Morgan fingerprint density at radius 3 is 2.38 bits per heavy atom. The number of likely N-dealkylation sites (tertiary alicyclic amines) is 1. The minimum Gasteiger partial charge on any atom is -0.437 e. The van der Waals surface area contributed by atoms with Crippen LogP contribution in [0.4, 0.5) is 13.6 Å². The molecule has 3 heterocycles. The molecule has 156 valence electrons. The molecule has 11 heteroatoms. The molecule has 0 N–H and O–H groups in total. The van der Waals surface area contributed by atoms with Crippen LogP contribution in [0.5, 0.6) is 0 Å². The minimum atomic E-state index is -4.15. The predicted molar refractivity (Wildman–Crippen MR) is 94.1 cm³/mol. The summed E-state index contributed by atoms with van der Waals surface area (Å²) < 4.78 is 59.6. The lowest BCUT2D eigenvalue weighted by atomic mass is 9.84. The van der Waals surface area contributed by atoms with E-state index in [1.165, 1.54) is 4.90 Å². The lowest BCUT2D eigenvalue weighted by molar-refractivity contribution is -0.156. The van der Waals surface area contributed by atoms with Gasteiger partial charge in [-0.2, -0.15) is 4.31 Å². The van der Waals surface area contributed by atoms with Crippen molar-refractivity contribution in [1.82, 2.24) is 14.1 Å². The van der Waals surface area contributed by atoms with E-state index in [4.69, 9.17) is 4.74 Å². The molecular formula is C18H19F2N3O5S. The number of hydrogen-bond acceptors (Lipinski definition) is 5. The van der Waals surface area contributed by atoms with Gasteiger partial charge in [-0.15, -0.1) is 0 Å². The molecule has 0 radical (unpaired) electrons. The number of hydrogen-bond donors (Lipinski definition) is 0. The lowest BCUT2D eigenvalue weighted by Gasteiger charge is -2.51. The fourth-order valence-electron chi connectivity index (χ4n) is 4.39. The molecule has 29 heavy (non-hydrogen) atoms. The van der Waals surface area contributed by atoms with Crippen LogP contribution < -0.4 is 0 Å². The number of halogens is 2. The van der Waals surface area contributed by atoms with E-state index in [0.29, 0.717) is 6.07 Å². The van der Waals surface area contributed by atoms with Gasteiger partial charge in [0.2, 0.25) is 15.9 Å². The monoisotopic (exact) mass is 427 g/mol. The second-order valence-electron chi connectivity index (χ2n) is 8.08. The second kappa shape index (κ2) is 6.11. The topological polar surface area (TPSA) is 87.2 Å². The van der Waals surface area contributed by atoms with Crippen LogP contribution in [0.3, 0.4) is 0 Å². The molecule has 1 spiro atoms. The molecule has 5 rings (SSSR count). The van der Waals surface area contributed by atoms with Crippen LogP contribution in [0, 0.1) is 17.6 Å². The third kappa shape index (κ3) is 2.90. The highest BCUT2D eigenvalue weighted by Crippen LogP contribution is 2.43. The average Bonchev–Trinajstić information content (AvgIpc) is 3.43. The standard InChI is InChI=1S/C18H19F2N3O5S/c19-12-5-13(20)7-14(6-12)29(26,27)22-3-4-23-15(8-22)18(28-17(23)25)9-21(10-18)16(24)11-1-2-11/h5-7,11,15H,1-4,8-10H2. The number of ether oxygens (including phenoxy) is 1. The number of piperazine rings is 1. The summed E-state index contributed by atoms with van der Waals surface area (Å²) in [6.07, 6.45) is 1.21. The Hall–Kier alpha value is -2.27. The average molecular weight is 427 g/mol. The van der Waals surface area contributed by atoms with Crippen molar-refractivity contribution in [2.24, 2.45) is 5.92 Å². The number of benzene rings is 1. The zero-order valence-electron chi connectivity index (χ0n) is 15.4. The maximum Gasteiger partial charge on any atom is 0.411 e. The summed E-state index contributed by atoms with van der Waals surface area (Å²) in [4.78, 5) is 27.2. The Labute approximate surface area is 166 Å². The van der Waals surface area contributed by atoms with Gasteiger partial charge in [0.1, 0.15) is 11.6 Å². The normalized spacial score (nSPS) is 26.3. The van der Waals surface area contributed by atoms with E-state index in [1.807, 2.05) is 0 Å². The Bertz CT molecular complexity index is 986. The first-order valence-electron chi connectivity index (χ1n) is 9.44. The lowest BCUT2D eigenvalue weighted by Crippen LogP contribution is -2.72. The molecule has 0 bridgehead atoms. The quantitative estimate of drug-likeness (QED) is 0.712. The molecule has 3 aliphatic heterocycles. The van der Waals surface area contributed by atoms with E-state index < -0.39 is 44.3 Å². The zero-order valence-corrected chi connectivity index (χ0v) is 16.2. The summed E-state index contributed by atoms with van der Waals surface area (Å²) >= 11 is 0. The molecule has 2 amide bonds. The summed E-state index contributed by atoms with van der Waals surface area (Å²) in [6, 6.07) is 1.60. The van der Waals surface area contributed by atoms with Gasteiger partial charge in [0, 0.05) is 31.6 Å². The van der Waals surface area contributed by atoms with Gasteiger partial charge in [-0.1, -0.05) is 0 Å². The molecule has 1 aromatic carbocycles. The number of rotatable bonds is 3. The summed E-state index contributed by atoms with van der Waals surface area (Å²) in [7, 11) is -4.15. The largest absolute Gasteiger partial charge is 0.437 e. The van der Waals surface area contributed by atoms with Crippen LogP contribution in [0.1, 0.15) is 12.8 Å². The molecule has 4 aliphatic rings. The molecule has 1 aliphatic carbocycles. The Morgan fingerprint density at radius 2 is 1.76 bits per heavy atom. The van der Waals surface area contributed by atoms with Crippen molar-refractivity contribution in [3.63, 3.8) is 0 Å². The SMILES string of the molecule is O=C(C1CC1)N1CC2(C1)OC(=O)N1CCN(S(=O)(=O)c3cc(F)cc(F)c3)CC12. The number of sulfonamides is 1. The van der Waals surface area contributed by atoms with Crippen molar-refractivity contribution in [2.45, 2.75) is 29.4 Å². The van der Waals surface area contributed by atoms with Gasteiger partial charge < -0.3 is 9.64 Å². The number of carbonyl (C=O) groups excluding carboxylic acids is 2. The molecule has 4 fully saturated rings. The predicted octanol–water partition coefficient (Wildman–Crippen LogP) is 0.781. The van der Waals surface area contributed by atoms with E-state index in [0.717, 1.165) is 29.3 Å². The van der Waals surface area contributed by atoms with Crippen LogP contribution >= 0.6 is 0 Å². The molecule has 1 unspecified atom stereocenters. The first kappa shape index (κ1) is 18.7. The molecular weight excluding hydrogens is 408 g/mol. The van der Waals surface area contributed by atoms with E-state index in [9.17, 15) is 26.8 Å².